The van der Waals surface area contributed by atoms with Crippen LogP contribution in [0.4, 0.5) is 4.39 Å². The third-order valence-corrected chi connectivity index (χ3v) is 4.93. The van der Waals surface area contributed by atoms with Gasteiger partial charge in [0.15, 0.2) is 0 Å². The van der Waals surface area contributed by atoms with Gasteiger partial charge in [-0.15, -0.1) is 0 Å². The van der Waals surface area contributed by atoms with Gasteiger partial charge in [0.25, 0.3) is 5.91 Å². The molecule has 7 nitrogen and oxygen atoms in total. The first-order valence-corrected chi connectivity index (χ1v) is 9.06. The molecule has 3 rings (SSSR count). The van der Waals surface area contributed by atoms with Crippen molar-refractivity contribution in [2.45, 2.75) is 25.3 Å². The first kappa shape index (κ1) is 19.0. The maximum Gasteiger partial charge on any atom is 0.251 e. The number of carbonyl (C=O) groups is 2. The maximum atomic E-state index is 13.6. The largest absolute Gasteiger partial charge is 0.352 e. The van der Waals surface area contributed by atoms with E-state index in [-0.39, 0.29) is 30.5 Å². The molecular weight excluding hydrogens is 349 g/mol. The molecule has 1 aliphatic heterocycles. The number of benzene rings is 1. The van der Waals surface area contributed by atoms with Crippen LogP contribution in [0.1, 0.15) is 28.8 Å². The number of aryl methyl sites for hydroxylation is 1. The number of amides is 2. The van der Waals surface area contributed by atoms with E-state index >= 15 is 0 Å². The number of hydrogen-bond donors (Lipinski definition) is 3. The molecule has 1 aromatic heterocycles. The summed E-state index contributed by atoms with van der Waals surface area (Å²) < 4.78 is 15.3. The Balaban J connectivity index is 1.54. The van der Waals surface area contributed by atoms with E-state index in [0.29, 0.717) is 18.4 Å². The van der Waals surface area contributed by atoms with Crippen LogP contribution in [0.25, 0.3) is 0 Å². The third kappa shape index (κ3) is 4.16. The Morgan fingerprint density at radius 3 is 2.67 bits per heavy atom. The van der Waals surface area contributed by atoms with Crippen LogP contribution in [0.5, 0.6) is 0 Å². The van der Waals surface area contributed by atoms with E-state index in [0.717, 1.165) is 13.1 Å². The van der Waals surface area contributed by atoms with Gasteiger partial charge in [-0.25, -0.2) is 4.39 Å². The molecule has 0 unspecified atom stereocenters. The predicted molar refractivity (Wildman–Crippen MR) is 98.8 cm³/mol. The molecule has 27 heavy (non-hydrogen) atoms. The Morgan fingerprint density at radius 2 is 2.00 bits per heavy atom. The fourth-order valence-electron chi connectivity index (χ4n) is 3.28. The van der Waals surface area contributed by atoms with Gasteiger partial charge in [0.1, 0.15) is 11.4 Å². The van der Waals surface area contributed by atoms with Gasteiger partial charge >= 0.3 is 0 Å². The Kier molecular flexibility index (Phi) is 5.85. The second-order valence-corrected chi connectivity index (χ2v) is 6.71. The zero-order chi connectivity index (χ0) is 19.3. The molecule has 1 saturated heterocycles. The second kappa shape index (κ2) is 8.30. The number of hydrogen-bond acceptors (Lipinski definition) is 4. The summed E-state index contributed by atoms with van der Waals surface area (Å²) >= 11 is 0. The minimum absolute atomic E-state index is 0.108. The molecule has 2 amide bonds. The molecule has 8 heteroatoms. The number of nitrogens with zero attached hydrogens (tertiary/aromatic N) is 2. The van der Waals surface area contributed by atoms with Crippen molar-refractivity contribution in [1.82, 2.24) is 25.7 Å². The molecule has 0 radical (unpaired) electrons. The van der Waals surface area contributed by atoms with E-state index < -0.39 is 11.4 Å². The number of carbonyl (C=O) groups excluding carboxylic acids is 2. The van der Waals surface area contributed by atoms with E-state index in [9.17, 15) is 14.0 Å². The van der Waals surface area contributed by atoms with Crippen LogP contribution >= 0.6 is 0 Å². The molecule has 1 aromatic carbocycles. The summed E-state index contributed by atoms with van der Waals surface area (Å²) in [4.78, 5) is 24.9. The average Bonchev–Trinajstić information content (AvgIpc) is 3.23. The van der Waals surface area contributed by atoms with Crippen molar-refractivity contribution < 1.29 is 14.0 Å². The molecule has 0 aliphatic carbocycles. The SMILES string of the molecule is Cc1ccc(C(=O)NCCNC(=O)C2(n3cccn3)CCNCC2)cc1F. The van der Waals surface area contributed by atoms with Gasteiger partial charge in [-0.05, 0) is 56.6 Å². The summed E-state index contributed by atoms with van der Waals surface area (Å²) in [5.41, 5.74) is 0.0410. The first-order valence-electron chi connectivity index (χ1n) is 9.06. The van der Waals surface area contributed by atoms with Crippen LogP contribution in [0, 0.1) is 12.7 Å². The van der Waals surface area contributed by atoms with Crippen molar-refractivity contribution in [3.63, 3.8) is 0 Å². The monoisotopic (exact) mass is 373 g/mol. The topological polar surface area (TPSA) is 88.1 Å². The van der Waals surface area contributed by atoms with Crippen molar-refractivity contribution in [2.24, 2.45) is 0 Å². The standard InChI is InChI=1S/C19H24FN5O2/c1-14-3-4-15(13-16(14)20)17(26)22-10-11-23-18(27)19(5-8-21-9-6-19)25-12-2-7-24-25/h2-4,7,12-13,21H,5-6,8-11H2,1H3,(H,22,26)(H,23,27). The zero-order valence-electron chi connectivity index (χ0n) is 15.3. The molecular formula is C19H24FN5O2. The van der Waals surface area contributed by atoms with Crippen molar-refractivity contribution in [1.29, 1.82) is 0 Å². The summed E-state index contributed by atoms with van der Waals surface area (Å²) in [6.07, 6.45) is 4.77. The van der Waals surface area contributed by atoms with Gasteiger partial charge in [-0.1, -0.05) is 6.07 Å². The molecule has 2 aromatic rings. The highest BCUT2D eigenvalue weighted by atomic mass is 19.1. The van der Waals surface area contributed by atoms with Crippen LogP contribution in [0.15, 0.2) is 36.7 Å². The number of nitrogens with one attached hydrogen (secondary N) is 3. The first-order chi connectivity index (χ1) is 13.0. The van der Waals surface area contributed by atoms with Gasteiger partial charge in [0, 0.05) is 31.0 Å². The van der Waals surface area contributed by atoms with Crippen molar-refractivity contribution >= 4 is 11.8 Å². The number of halogens is 1. The van der Waals surface area contributed by atoms with Crippen LogP contribution in [0.2, 0.25) is 0 Å². The van der Waals surface area contributed by atoms with E-state index in [2.05, 4.69) is 21.0 Å². The number of piperidine rings is 1. The zero-order valence-corrected chi connectivity index (χ0v) is 15.3. The highest BCUT2D eigenvalue weighted by Gasteiger charge is 2.41. The minimum Gasteiger partial charge on any atom is -0.352 e. The fraction of sp³-hybridized carbons (Fsp3) is 0.421. The average molecular weight is 373 g/mol. The van der Waals surface area contributed by atoms with E-state index in [4.69, 9.17) is 0 Å². The van der Waals surface area contributed by atoms with E-state index in [1.165, 1.54) is 6.07 Å². The lowest BCUT2D eigenvalue weighted by Crippen LogP contribution is -2.55. The van der Waals surface area contributed by atoms with Crippen LogP contribution in [-0.4, -0.2) is 47.8 Å². The summed E-state index contributed by atoms with van der Waals surface area (Å²) in [6, 6.07) is 6.16. The molecule has 2 heterocycles. The van der Waals surface area contributed by atoms with Gasteiger partial charge in [-0.3, -0.25) is 14.3 Å². The predicted octanol–water partition coefficient (Wildman–Crippen LogP) is 0.956. The number of aromatic nitrogens is 2. The Bertz CT molecular complexity index is 800. The Labute approximate surface area is 157 Å². The molecule has 144 valence electrons. The molecule has 0 bridgehead atoms. The van der Waals surface area contributed by atoms with Crippen LogP contribution in [-0.2, 0) is 10.3 Å². The lowest BCUT2D eigenvalue weighted by atomic mass is 9.87. The van der Waals surface area contributed by atoms with E-state index in [1.807, 2.05) is 0 Å². The van der Waals surface area contributed by atoms with Crippen LogP contribution in [0.3, 0.4) is 0 Å². The summed E-state index contributed by atoms with van der Waals surface area (Å²) in [5, 5.41) is 13.1. The smallest absolute Gasteiger partial charge is 0.251 e. The summed E-state index contributed by atoms with van der Waals surface area (Å²) in [7, 11) is 0. The molecule has 0 spiro atoms. The highest BCUT2D eigenvalue weighted by molar-refractivity contribution is 5.94. The molecule has 1 fully saturated rings. The van der Waals surface area contributed by atoms with Gasteiger partial charge in [-0.2, -0.15) is 5.10 Å². The molecule has 1 aliphatic rings. The fourth-order valence-corrected chi connectivity index (χ4v) is 3.28. The van der Waals surface area contributed by atoms with E-state index in [1.54, 1.807) is 42.2 Å². The van der Waals surface area contributed by atoms with Crippen molar-refractivity contribution in [3.05, 3.63) is 53.6 Å². The van der Waals surface area contributed by atoms with Crippen LogP contribution < -0.4 is 16.0 Å². The maximum absolute atomic E-state index is 13.6. The van der Waals surface area contributed by atoms with Gasteiger partial charge in [0.05, 0.1) is 0 Å². The molecule has 3 N–H and O–H groups in total. The summed E-state index contributed by atoms with van der Waals surface area (Å²) in [6.45, 7) is 3.66. The molecule has 0 atom stereocenters. The van der Waals surface area contributed by atoms with Crippen molar-refractivity contribution in [2.75, 3.05) is 26.2 Å². The second-order valence-electron chi connectivity index (χ2n) is 6.71. The highest BCUT2D eigenvalue weighted by Crippen LogP contribution is 2.27. The lowest BCUT2D eigenvalue weighted by Gasteiger charge is -2.36. The summed E-state index contributed by atoms with van der Waals surface area (Å²) in [5.74, 6) is -0.891. The minimum atomic E-state index is -0.709. The van der Waals surface area contributed by atoms with Gasteiger partial charge in [0.2, 0.25) is 5.91 Å². The number of rotatable bonds is 6. The normalized spacial score (nSPS) is 15.9. The van der Waals surface area contributed by atoms with Gasteiger partial charge < -0.3 is 16.0 Å². The Morgan fingerprint density at radius 1 is 1.26 bits per heavy atom. The lowest BCUT2D eigenvalue weighted by molar-refractivity contribution is -0.131. The molecule has 0 saturated carbocycles. The Hall–Kier alpha value is -2.74. The van der Waals surface area contributed by atoms with Crippen molar-refractivity contribution in [3.8, 4) is 0 Å². The quantitative estimate of drug-likeness (QED) is 0.658. The third-order valence-electron chi connectivity index (χ3n) is 4.93.